The van der Waals surface area contributed by atoms with Gasteiger partial charge in [-0.2, -0.15) is 4.68 Å². The lowest BCUT2D eigenvalue weighted by molar-refractivity contribution is 0.537. The van der Waals surface area contributed by atoms with Crippen LogP contribution in [-0.4, -0.2) is 26.8 Å². The molecule has 0 bridgehead atoms. The van der Waals surface area contributed by atoms with E-state index >= 15 is 0 Å². The van der Waals surface area contributed by atoms with E-state index in [-0.39, 0.29) is 0 Å². The molecule has 0 spiro atoms. The Labute approximate surface area is 121 Å². The molecule has 0 aliphatic heterocycles. The van der Waals surface area contributed by atoms with Gasteiger partial charge in [-0.25, -0.2) is 0 Å². The summed E-state index contributed by atoms with van der Waals surface area (Å²) in [5.41, 5.74) is 2.13. The molecule has 0 amide bonds. The molecule has 1 heterocycles. The number of rotatable bonds is 5. The lowest BCUT2D eigenvalue weighted by Crippen LogP contribution is -2.21. The Balaban J connectivity index is 2.21. The maximum absolute atomic E-state index is 4.08. The normalized spacial score (nSPS) is 11.2. The lowest BCUT2D eigenvalue weighted by atomic mass is 10.2. The quantitative estimate of drug-likeness (QED) is 0.918. The highest BCUT2D eigenvalue weighted by molar-refractivity contribution is 9.10. The molecule has 102 valence electrons. The fourth-order valence-electron chi connectivity index (χ4n) is 1.80. The van der Waals surface area contributed by atoms with Gasteiger partial charge in [0.25, 0.3) is 0 Å². The van der Waals surface area contributed by atoms with Crippen molar-refractivity contribution in [1.29, 1.82) is 0 Å². The number of benzene rings is 1. The first-order valence-corrected chi connectivity index (χ1v) is 7.12. The predicted octanol–water partition coefficient (Wildman–Crippen LogP) is 2.48. The lowest BCUT2D eigenvalue weighted by Gasteiger charge is -2.10. The number of aromatic nitrogens is 4. The minimum Gasteiger partial charge on any atom is -0.310 e. The number of hydrogen-bond acceptors (Lipinski definition) is 4. The van der Waals surface area contributed by atoms with Crippen molar-refractivity contribution in [3.63, 3.8) is 0 Å². The number of tetrazole rings is 1. The van der Waals surface area contributed by atoms with Crippen molar-refractivity contribution in [3.05, 3.63) is 34.1 Å². The van der Waals surface area contributed by atoms with E-state index in [1.807, 2.05) is 25.1 Å². The Kier molecular flexibility index (Phi) is 4.66. The van der Waals surface area contributed by atoms with E-state index in [9.17, 15) is 0 Å². The number of nitrogens with zero attached hydrogens (tertiary/aromatic N) is 4. The van der Waals surface area contributed by atoms with E-state index in [1.165, 1.54) is 0 Å². The van der Waals surface area contributed by atoms with Crippen LogP contribution in [-0.2, 0) is 6.54 Å². The molecular formula is C13H18BrN5. The third kappa shape index (κ3) is 3.39. The largest absolute Gasteiger partial charge is 0.310 e. The third-order valence-electron chi connectivity index (χ3n) is 2.84. The van der Waals surface area contributed by atoms with Crippen LogP contribution in [0.3, 0.4) is 0 Å². The minimum absolute atomic E-state index is 0.608. The van der Waals surface area contributed by atoms with E-state index in [1.54, 1.807) is 4.68 Å². The Bertz CT molecular complexity index is 550. The smallest absolute Gasteiger partial charge is 0.170 e. The van der Waals surface area contributed by atoms with Gasteiger partial charge in [0, 0.05) is 4.47 Å². The van der Waals surface area contributed by atoms with Crippen molar-refractivity contribution in [2.24, 2.45) is 5.92 Å². The van der Waals surface area contributed by atoms with Gasteiger partial charge in [-0.05, 0) is 47.5 Å². The second kappa shape index (κ2) is 6.25. The van der Waals surface area contributed by atoms with Crippen LogP contribution >= 0.6 is 15.9 Å². The van der Waals surface area contributed by atoms with E-state index in [2.05, 4.69) is 50.6 Å². The maximum atomic E-state index is 4.08. The highest BCUT2D eigenvalue weighted by atomic mass is 79.9. The highest BCUT2D eigenvalue weighted by Gasteiger charge is 2.11. The zero-order valence-corrected chi connectivity index (χ0v) is 13.0. The standard InChI is InChI=1S/C13H18BrN5/c1-9(2)7-15-8-13-16-17-18-19(13)12-6-4-5-11(14)10(12)3/h4-6,9,15H,7-8H2,1-3H3. The summed E-state index contributed by atoms with van der Waals surface area (Å²) in [5.74, 6) is 1.43. The maximum Gasteiger partial charge on any atom is 0.170 e. The Morgan fingerprint density at radius 3 is 2.89 bits per heavy atom. The molecule has 0 atom stereocenters. The summed E-state index contributed by atoms with van der Waals surface area (Å²) < 4.78 is 2.84. The second-order valence-electron chi connectivity index (χ2n) is 4.92. The molecular weight excluding hydrogens is 306 g/mol. The van der Waals surface area contributed by atoms with Crippen molar-refractivity contribution in [2.45, 2.75) is 27.3 Å². The average Bonchev–Trinajstić information content (AvgIpc) is 2.80. The van der Waals surface area contributed by atoms with Crippen LogP contribution in [0.5, 0.6) is 0 Å². The van der Waals surface area contributed by atoms with Crippen molar-refractivity contribution >= 4 is 15.9 Å². The minimum atomic E-state index is 0.608. The van der Waals surface area contributed by atoms with E-state index in [0.717, 1.165) is 28.1 Å². The van der Waals surface area contributed by atoms with Crippen molar-refractivity contribution in [2.75, 3.05) is 6.54 Å². The molecule has 1 aromatic heterocycles. The summed E-state index contributed by atoms with van der Waals surface area (Å²) in [6.45, 7) is 8.01. The highest BCUT2D eigenvalue weighted by Crippen LogP contribution is 2.22. The number of nitrogens with one attached hydrogen (secondary N) is 1. The molecule has 0 saturated heterocycles. The molecule has 1 aromatic carbocycles. The monoisotopic (exact) mass is 323 g/mol. The molecule has 2 rings (SSSR count). The summed E-state index contributed by atoms with van der Waals surface area (Å²) in [4.78, 5) is 0. The van der Waals surface area contributed by atoms with Crippen LogP contribution in [0.15, 0.2) is 22.7 Å². The first kappa shape index (κ1) is 14.1. The van der Waals surface area contributed by atoms with Gasteiger partial charge in [0.05, 0.1) is 12.2 Å². The van der Waals surface area contributed by atoms with Crippen molar-refractivity contribution in [3.8, 4) is 5.69 Å². The molecule has 0 radical (unpaired) electrons. The summed E-state index contributed by atoms with van der Waals surface area (Å²) in [5, 5.41) is 15.3. The average molecular weight is 324 g/mol. The molecule has 19 heavy (non-hydrogen) atoms. The topological polar surface area (TPSA) is 55.6 Å². The molecule has 1 N–H and O–H groups in total. The number of halogens is 1. The van der Waals surface area contributed by atoms with Gasteiger partial charge >= 0.3 is 0 Å². The first-order valence-electron chi connectivity index (χ1n) is 6.33. The molecule has 5 nitrogen and oxygen atoms in total. The van der Waals surface area contributed by atoms with E-state index in [0.29, 0.717) is 12.5 Å². The van der Waals surface area contributed by atoms with Gasteiger partial charge in [0.15, 0.2) is 5.82 Å². The van der Waals surface area contributed by atoms with Crippen molar-refractivity contribution in [1.82, 2.24) is 25.5 Å². The summed E-state index contributed by atoms with van der Waals surface area (Å²) in [6, 6.07) is 6.02. The molecule has 0 unspecified atom stereocenters. The van der Waals surface area contributed by atoms with Gasteiger partial charge in [0.2, 0.25) is 0 Å². The van der Waals surface area contributed by atoms with Gasteiger partial charge in [0.1, 0.15) is 0 Å². The molecule has 0 aliphatic carbocycles. The Hall–Kier alpha value is -1.27. The van der Waals surface area contributed by atoms with Gasteiger partial charge < -0.3 is 5.32 Å². The Morgan fingerprint density at radius 1 is 1.37 bits per heavy atom. The predicted molar refractivity (Wildman–Crippen MR) is 78.1 cm³/mol. The summed E-state index contributed by atoms with van der Waals surface area (Å²) >= 11 is 3.53. The molecule has 0 fully saturated rings. The molecule has 2 aromatic rings. The summed E-state index contributed by atoms with van der Waals surface area (Å²) in [6.07, 6.45) is 0. The molecule has 0 saturated carbocycles. The Morgan fingerprint density at radius 2 is 2.16 bits per heavy atom. The van der Waals surface area contributed by atoms with Crippen LogP contribution < -0.4 is 5.32 Å². The SMILES string of the molecule is Cc1c(Br)cccc1-n1nnnc1CNCC(C)C. The fourth-order valence-corrected chi connectivity index (χ4v) is 2.16. The van der Waals surface area contributed by atoms with Gasteiger partial charge in [-0.15, -0.1) is 5.10 Å². The molecule has 0 aliphatic rings. The first-order chi connectivity index (χ1) is 9.09. The zero-order valence-electron chi connectivity index (χ0n) is 11.4. The number of hydrogen-bond donors (Lipinski definition) is 1. The van der Waals surface area contributed by atoms with Crippen LogP contribution in [0, 0.1) is 12.8 Å². The summed E-state index contributed by atoms with van der Waals surface area (Å²) in [7, 11) is 0. The zero-order chi connectivity index (χ0) is 13.8. The van der Waals surface area contributed by atoms with E-state index in [4.69, 9.17) is 0 Å². The van der Waals surface area contributed by atoms with Crippen LogP contribution in [0.1, 0.15) is 25.2 Å². The third-order valence-corrected chi connectivity index (χ3v) is 3.70. The fraction of sp³-hybridized carbons (Fsp3) is 0.462. The van der Waals surface area contributed by atoms with Crippen molar-refractivity contribution < 1.29 is 0 Å². The van der Waals surface area contributed by atoms with E-state index < -0.39 is 0 Å². The van der Waals surface area contributed by atoms with Gasteiger partial charge in [-0.3, -0.25) is 0 Å². The van der Waals surface area contributed by atoms with Crippen LogP contribution in [0.4, 0.5) is 0 Å². The second-order valence-corrected chi connectivity index (χ2v) is 5.77. The van der Waals surface area contributed by atoms with Gasteiger partial charge in [-0.1, -0.05) is 35.8 Å². The molecule has 6 heteroatoms. The van der Waals surface area contributed by atoms with Crippen LogP contribution in [0.2, 0.25) is 0 Å². The van der Waals surface area contributed by atoms with Crippen LogP contribution in [0.25, 0.3) is 5.69 Å².